The van der Waals surface area contributed by atoms with E-state index in [1.165, 1.54) is 0 Å². The van der Waals surface area contributed by atoms with Gasteiger partial charge in [0, 0.05) is 24.8 Å². The number of hydrogen-bond acceptors (Lipinski definition) is 5. The van der Waals surface area contributed by atoms with Crippen molar-refractivity contribution in [1.29, 1.82) is 0 Å². The summed E-state index contributed by atoms with van der Waals surface area (Å²) in [6.07, 6.45) is 1.98. The molecule has 2 N–H and O–H groups in total. The lowest BCUT2D eigenvalue weighted by Gasteiger charge is -2.21. The summed E-state index contributed by atoms with van der Waals surface area (Å²) in [7, 11) is 1.79. The number of nitrogens with zero attached hydrogens (tertiary/aromatic N) is 4. The second-order valence-electron chi connectivity index (χ2n) is 5.24. The highest BCUT2D eigenvalue weighted by Crippen LogP contribution is 2.20. The maximum atomic E-state index is 12.2. The molecular weight excluding hydrogens is 268 g/mol. The number of benzene rings is 1. The van der Waals surface area contributed by atoms with Crippen LogP contribution in [0.4, 0.5) is 5.69 Å². The van der Waals surface area contributed by atoms with E-state index in [2.05, 4.69) is 26.2 Å². The summed E-state index contributed by atoms with van der Waals surface area (Å²) in [5, 5.41) is 17.7. The van der Waals surface area contributed by atoms with Crippen molar-refractivity contribution in [3.05, 3.63) is 24.3 Å². The molecule has 0 saturated carbocycles. The standard InChI is InChI=1S/C14H18N6O/c1-20-13(17-18-19-20)10-4-2-6-12(8-10)16-14(21)11-5-3-7-15-9-11/h2,4,6,8,11,15H,3,5,7,9H2,1H3,(H,16,21)/t11-/m1/s1. The van der Waals surface area contributed by atoms with Crippen LogP contribution < -0.4 is 10.6 Å². The first-order valence-electron chi connectivity index (χ1n) is 7.08. The van der Waals surface area contributed by atoms with E-state index in [0.29, 0.717) is 5.82 Å². The van der Waals surface area contributed by atoms with Crippen LogP contribution in [0.25, 0.3) is 11.4 Å². The van der Waals surface area contributed by atoms with Gasteiger partial charge in [-0.1, -0.05) is 12.1 Å². The number of carbonyl (C=O) groups excluding carboxylic acids is 1. The fourth-order valence-corrected chi connectivity index (χ4v) is 2.53. The molecular formula is C14H18N6O. The average molecular weight is 286 g/mol. The Bertz CT molecular complexity index is 632. The zero-order chi connectivity index (χ0) is 14.7. The van der Waals surface area contributed by atoms with Crippen LogP contribution in [0, 0.1) is 5.92 Å². The summed E-state index contributed by atoms with van der Waals surface area (Å²) in [4.78, 5) is 12.2. The zero-order valence-electron chi connectivity index (χ0n) is 11.9. The molecule has 110 valence electrons. The van der Waals surface area contributed by atoms with Crippen molar-refractivity contribution in [2.75, 3.05) is 18.4 Å². The number of nitrogens with one attached hydrogen (secondary N) is 2. The molecule has 3 rings (SSSR count). The van der Waals surface area contributed by atoms with Gasteiger partial charge in [0.15, 0.2) is 5.82 Å². The molecule has 21 heavy (non-hydrogen) atoms. The molecule has 0 unspecified atom stereocenters. The van der Waals surface area contributed by atoms with Gasteiger partial charge in [-0.05, 0) is 41.9 Å². The molecule has 1 atom stereocenters. The molecule has 1 aromatic heterocycles. The molecule has 1 aromatic carbocycles. The van der Waals surface area contributed by atoms with Gasteiger partial charge < -0.3 is 10.6 Å². The highest BCUT2D eigenvalue weighted by Gasteiger charge is 2.21. The number of hydrogen-bond donors (Lipinski definition) is 2. The van der Waals surface area contributed by atoms with E-state index < -0.39 is 0 Å². The van der Waals surface area contributed by atoms with E-state index in [-0.39, 0.29) is 11.8 Å². The Kier molecular flexibility index (Phi) is 3.92. The third-order valence-corrected chi connectivity index (χ3v) is 3.68. The number of piperidine rings is 1. The summed E-state index contributed by atoms with van der Waals surface area (Å²) < 4.78 is 1.60. The SMILES string of the molecule is Cn1nnnc1-c1cccc(NC(=O)[C@@H]2CCCNC2)c1. The van der Waals surface area contributed by atoms with E-state index in [4.69, 9.17) is 0 Å². The molecule has 7 heteroatoms. The van der Waals surface area contributed by atoms with Crippen LogP contribution in [0.15, 0.2) is 24.3 Å². The molecule has 0 radical (unpaired) electrons. The summed E-state index contributed by atoms with van der Waals surface area (Å²) in [5.74, 6) is 0.778. The average Bonchev–Trinajstić information content (AvgIpc) is 2.94. The number of tetrazole rings is 1. The topological polar surface area (TPSA) is 84.7 Å². The quantitative estimate of drug-likeness (QED) is 0.872. The van der Waals surface area contributed by atoms with Gasteiger partial charge in [0.1, 0.15) is 0 Å². The van der Waals surface area contributed by atoms with Crippen molar-refractivity contribution < 1.29 is 4.79 Å². The minimum atomic E-state index is 0.0406. The fraction of sp³-hybridized carbons (Fsp3) is 0.429. The number of anilines is 1. The van der Waals surface area contributed by atoms with Crippen molar-refractivity contribution in [2.45, 2.75) is 12.8 Å². The molecule has 1 saturated heterocycles. The first-order chi connectivity index (χ1) is 10.2. The first-order valence-corrected chi connectivity index (χ1v) is 7.08. The van der Waals surface area contributed by atoms with E-state index in [1.807, 2.05) is 24.3 Å². The highest BCUT2D eigenvalue weighted by molar-refractivity contribution is 5.93. The Morgan fingerprint density at radius 1 is 1.48 bits per heavy atom. The Morgan fingerprint density at radius 2 is 2.38 bits per heavy atom. The van der Waals surface area contributed by atoms with Crippen molar-refractivity contribution in [3.63, 3.8) is 0 Å². The molecule has 2 heterocycles. The van der Waals surface area contributed by atoms with Crippen molar-refractivity contribution in [3.8, 4) is 11.4 Å². The molecule has 1 amide bonds. The molecule has 0 spiro atoms. The summed E-state index contributed by atoms with van der Waals surface area (Å²) >= 11 is 0. The van der Waals surface area contributed by atoms with E-state index in [9.17, 15) is 4.79 Å². The van der Waals surface area contributed by atoms with E-state index in [1.54, 1.807) is 11.7 Å². The Labute approximate surface area is 122 Å². The van der Waals surface area contributed by atoms with Gasteiger partial charge in [0.2, 0.25) is 5.91 Å². The first kappa shape index (κ1) is 13.7. The minimum Gasteiger partial charge on any atom is -0.326 e. The number of carbonyl (C=O) groups is 1. The molecule has 0 bridgehead atoms. The second-order valence-corrected chi connectivity index (χ2v) is 5.24. The van der Waals surface area contributed by atoms with Crippen molar-refractivity contribution in [1.82, 2.24) is 25.5 Å². The summed E-state index contributed by atoms with van der Waals surface area (Å²) in [6, 6.07) is 7.57. The molecule has 7 nitrogen and oxygen atoms in total. The molecule has 1 aliphatic heterocycles. The number of aryl methyl sites for hydroxylation is 1. The van der Waals surface area contributed by atoms with Crippen LogP contribution in [0.2, 0.25) is 0 Å². The largest absolute Gasteiger partial charge is 0.326 e. The van der Waals surface area contributed by atoms with Crippen LogP contribution in [-0.4, -0.2) is 39.2 Å². The monoisotopic (exact) mass is 286 g/mol. The molecule has 1 fully saturated rings. The second kappa shape index (κ2) is 6.01. The third-order valence-electron chi connectivity index (χ3n) is 3.68. The Balaban J connectivity index is 1.74. The van der Waals surface area contributed by atoms with Gasteiger partial charge in [-0.3, -0.25) is 4.79 Å². The third kappa shape index (κ3) is 3.08. The Morgan fingerprint density at radius 3 is 3.10 bits per heavy atom. The highest BCUT2D eigenvalue weighted by atomic mass is 16.1. The van der Waals surface area contributed by atoms with Gasteiger partial charge in [-0.2, -0.15) is 0 Å². The van der Waals surface area contributed by atoms with Crippen molar-refractivity contribution in [2.24, 2.45) is 13.0 Å². The van der Waals surface area contributed by atoms with Crippen LogP contribution in [0.3, 0.4) is 0 Å². The number of rotatable bonds is 3. The minimum absolute atomic E-state index is 0.0406. The van der Waals surface area contributed by atoms with Gasteiger partial charge in [0.25, 0.3) is 0 Å². The summed E-state index contributed by atoms with van der Waals surface area (Å²) in [5.41, 5.74) is 1.65. The number of amides is 1. The number of aromatic nitrogens is 4. The predicted octanol–water partition coefficient (Wildman–Crippen LogP) is 0.815. The van der Waals surface area contributed by atoms with Gasteiger partial charge in [0.05, 0.1) is 5.92 Å². The van der Waals surface area contributed by atoms with Crippen LogP contribution in [-0.2, 0) is 11.8 Å². The van der Waals surface area contributed by atoms with Crippen LogP contribution in [0.1, 0.15) is 12.8 Å². The lowest BCUT2D eigenvalue weighted by molar-refractivity contribution is -0.120. The van der Waals surface area contributed by atoms with Crippen molar-refractivity contribution >= 4 is 11.6 Å². The molecule has 0 aliphatic carbocycles. The maximum Gasteiger partial charge on any atom is 0.228 e. The maximum absolute atomic E-state index is 12.2. The predicted molar refractivity (Wildman–Crippen MR) is 78.5 cm³/mol. The van der Waals surface area contributed by atoms with E-state index in [0.717, 1.165) is 37.2 Å². The van der Waals surface area contributed by atoms with Gasteiger partial charge in [-0.25, -0.2) is 4.68 Å². The van der Waals surface area contributed by atoms with Crippen LogP contribution in [0.5, 0.6) is 0 Å². The fourth-order valence-electron chi connectivity index (χ4n) is 2.53. The smallest absolute Gasteiger partial charge is 0.228 e. The van der Waals surface area contributed by atoms with E-state index >= 15 is 0 Å². The normalized spacial score (nSPS) is 18.4. The van der Waals surface area contributed by atoms with Gasteiger partial charge >= 0.3 is 0 Å². The zero-order valence-corrected chi connectivity index (χ0v) is 11.9. The molecule has 1 aliphatic rings. The molecule has 2 aromatic rings. The Hall–Kier alpha value is -2.28. The lowest BCUT2D eigenvalue weighted by Crippen LogP contribution is -2.37. The lowest BCUT2D eigenvalue weighted by atomic mass is 9.99. The van der Waals surface area contributed by atoms with Crippen LogP contribution >= 0.6 is 0 Å². The summed E-state index contributed by atoms with van der Waals surface area (Å²) in [6.45, 7) is 1.75. The van der Waals surface area contributed by atoms with Gasteiger partial charge in [-0.15, -0.1) is 5.10 Å².